The van der Waals surface area contributed by atoms with E-state index in [1.165, 1.54) is 11.8 Å². The zero-order chi connectivity index (χ0) is 10.4. The van der Waals surface area contributed by atoms with Gasteiger partial charge in [0.15, 0.2) is 5.17 Å². The van der Waals surface area contributed by atoms with Crippen LogP contribution in [0.5, 0.6) is 5.75 Å². The van der Waals surface area contributed by atoms with Gasteiger partial charge in [0.05, 0.1) is 12.3 Å². The Morgan fingerprint density at radius 1 is 1.43 bits per heavy atom. The molecule has 0 fully saturated rings. The lowest BCUT2D eigenvalue weighted by atomic mass is 10.3. The molecule has 0 spiro atoms. The van der Waals surface area contributed by atoms with Crippen molar-refractivity contribution >= 4 is 22.6 Å². The summed E-state index contributed by atoms with van der Waals surface area (Å²) >= 11 is 1.43. The number of amidine groups is 1. The van der Waals surface area contributed by atoms with Crippen LogP contribution in [0.4, 0.5) is 5.69 Å². The highest BCUT2D eigenvalue weighted by molar-refractivity contribution is 8.13. The van der Waals surface area contributed by atoms with Crippen LogP contribution in [0.3, 0.4) is 0 Å². The molecular formula is C10H14N2OS. The van der Waals surface area contributed by atoms with Crippen LogP contribution >= 0.6 is 11.8 Å². The average molecular weight is 210 g/mol. The van der Waals surface area contributed by atoms with Gasteiger partial charge in [-0.25, -0.2) is 4.99 Å². The van der Waals surface area contributed by atoms with Crippen LogP contribution in [-0.4, -0.2) is 18.0 Å². The number of rotatable bonds is 3. The van der Waals surface area contributed by atoms with Crippen LogP contribution in [0.25, 0.3) is 0 Å². The molecule has 0 aliphatic rings. The topological polar surface area (TPSA) is 47.6 Å². The van der Waals surface area contributed by atoms with E-state index in [-0.39, 0.29) is 0 Å². The summed E-state index contributed by atoms with van der Waals surface area (Å²) < 4.78 is 5.31. The third-order valence-corrected chi connectivity index (χ3v) is 2.11. The van der Waals surface area contributed by atoms with Crippen LogP contribution in [0, 0.1) is 0 Å². The average Bonchev–Trinajstić information content (AvgIpc) is 2.21. The summed E-state index contributed by atoms with van der Waals surface area (Å²) in [5.74, 6) is 0.856. The molecule has 3 nitrogen and oxygen atoms in total. The number of benzene rings is 1. The highest BCUT2D eigenvalue weighted by atomic mass is 32.2. The van der Waals surface area contributed by atoms with Crippen LogP contribution in [0.15, 0.2) is 29.3 Å². The fourth-order valence-electron chi connectivity index (χ4n) is 0.956. The van der Waals surface area contributed by atoms with E-state index in [0.717, 1.165) is 11.4 Å². The standard InChI is InChI=1S/C10H14N2OS/c1-3-13-9-6-4-8(5-7-9)12-10(11)14-2/h4-7H,3H2,1-2H3,(H2,11,12). The van der Waals surface area contributed by atoms with Crippen molar-refractivity contribution in [2.75, 3.05) is 12.9 Å². The molecular weight excluding hydrogens is 196 g/mol. The first-order chi connectivity index (χ1) is 6.76. The molecule has 1 aromatic rings. The number of thioether (sulfide) groups is 1. The predicted molar refractivity (Wildman–Crippen MR) is 62.4 cm³/mol. The molecule has 0 heterocycles. The minimum absolute atomic E-state index is 0.564. The van der Waals surface area contributed by atoms with Gasteiger partial charge < -0.3 is 10.5 Å². The van der Waals surface area contributed by atoms with Crippen molar-refractivity contribution in [2.45, 2.75) is 6.92 Å². The maximum absolute atomic E-state index is 5.58. The Bertz CT molecular complexity index is 308. The summed E-state index contributed by atoms with van der Waals surface area (Å²) in [4.78, 5) is 4.18. The van der Waals surface area contributed by atoms with E-state index in [1.54, 1.807) is 0 Å². The molecule has 0 bridgehead atoms. The first-order valence-electron chi connectivity index (χ1n) is 4.37. The molecule has 1 aromatic carbocycles. The molecule has 0 radical (unpaired) electrons. The van der Waals surface area contributed by atoms with Gasteiger partial charge in [-0.1, -0.05) is 11.8 Å². The van der Waals surface area contributed by atoms with Crippen LogP contribution in [0.1, 0.15) is 6.92 Å². The molecule has 0 atom stereocenters. The molecule has 0 aliphatic carbocycles. The number of nitrogens with two attached hydrogens (primary N) is 1. The minimum Gasteiger partial charge on any atom is -0.494 e. The molecule has 14 heavy (non-hydrogen) atoms. The molecule has 0 amide bonds. The van der Waals surface area contributed by atoms with Crippen molar-refractivity contribution in [3.63, 3.8) is 0 Å². The van der Waals surface area contributed by atoms with Gasteiger partial charge in [0.25, 0.3) is 0 Å². The van der Waals surface area contributed by atoms with Gasteiger partial charge in [0.2, 0.25) is 0 Å². The van der Waals surface area contributed by atoms with Crippen LogP contribution < -0.4 is 10.5 Å². The van der Waals surface area contributed by atoms with Crippen molar-refractivity contribution < 1.29 is 4.74 Å². The number of hydrogen-bond acceptors (Lipinski definition) is 3. The van der Waals surface area contributed by atoms with Crippen molar-refractivity contribution in [3.8, 4) is 5.75 Å². The van der Waals surface area contributed by atoms with Crippen molar-refractivity contribution in [1.82, 2.24) is 0 Å². The van der Waals surface area contributed by atoms with E-state index in [2.05, 4.69) is 4.99 Å². The maximum atomic E-state index is 5.58. The van der Waals surface area contributed by atoms with Gasteiger partial charge in [-0.2, -0.15) is 0 Å². The van der Waals surface area contributed by atoms with Gasteiger partial charge in [0.1, 0.15) is 5.75 Å². The number of nitrogens with zero attached hydrogens (tertiary/aromatic N) is 1. The lowest BCUT2D eigenvalue weighted by Gasteiger charge is -2.02. The fraction of sp³-hybridized carbons (Fsp3) is 0.300. The first kappa shape index (κ1) is 10.9. The Kier molecular flexibility index (Phi) is 4.32. The van der Waals surface area contributed by atoms with Crippen LogP contribution in [-0.2, 0) is 0 Å². The summed E-state index contributed by atoms with van der Waals surface area (Å²) in [5.41, 5.74) is 6.43. The predicted octanol–water partition coefficient (Wildman–Crippen LogP) is 2.39. The summed E-state index contributed by atoms with van der Waals surface area (Å²) in [6, 6.07) is 7.54. The van der Waals surface area contributed by atoms with Crippen molar-refractivity contribution in [1.29, 1.82) is 0 Å². The molecule has 0 aromatic heterocycles. The van der Waals surface area contributed by atoms with Gasteiger partial charge in [-0.15, -0.1) is 0 Å². The number of hydrogen-bond donors (Lipinski definition) is 1. The molecule has 2 N–H and O–H groups in total. The van der Waals surface area contributed by atoms with E-state index < -0.39 is 0 Å². The zero-order valence-corrected chi connectivity index (χ0v) is 9.17. The number of ether oxygens (including phenoxy) is 1. The Balaban J connectivity index is 2.73. The minimum atomic E-state index is 0.564. The third-order valence-electron chi connectivity index (χ3n) is 1.60. The van der Waals surface area contributed by atoms with E-state index in [0.29, 0.717) is 11.8 Å². The normalized spacial score (nSPS) is 11.4. The lowest BCUT2D eigenvalue weighted by Crippen LogP contribution is -2.04. The molecule has 0 unspecified atom stereocenters. The van der Waals surface area contributed by atoms with Crippen molar-refractivity contribution in [3.05, 3.63) is 24.3 Å². The third kappa shape index (κ3) is 3.30. The highest BCUT2D eigenvalue weighted by Crippen LogP contribution is 2.18. The molecule has 76 valence electrons. The fourth-order valence-corrected chi connectivity index (χ4v) is 1.15. The number of aliphatic imine (C=N–C) groups is 1. The lowest BCUT2D eigenvalue weighted by molar-refractivity contribution is 0.340. The maximum Gasteiger partial charge on any atom is 0.158 e. The first-order valence-corrected chi connectivity index (χ1v) is 5.59. The molecule has 0 saturated heterocycles. The summed E-state index contributed by atoms with van der Waals surface area (Å²) in [7, 11) is 0. The largest absolute Gasteiger partial charge is 0.494 e. The zero-order valence-electron chi connectivity index (χ0n) is 8.36. The second kappa shape index (κ2) is 5.54. The van der Waals surface area contributed by atoms with Gasteiger partial charge in [-0.3, -0.25) is 0 Å². The van der Waals surface area contributed by atoms with E-state index >= 15 is 0 Å². The SMILES string of the molecule is CCOc1ccc(N=C(N)SC)cc1. The van der Waals surface area contributed by atoms with E-state index in [1.807, 2.05) is 37.4 Å². The second-order valence-electron chi connectivity index (χ2n) is 2.58. The Labute approximate surface area is 88.4 Å². The van der Waals surface area contributed by atoms with Gasteiger partial charge in [-0.05, 0) is 37.4 Å². The Hall–Kier alpha value is -1.16. The quantitative estimate of drug-likeness (QED) is 0.615. The molecule has 1 rings (SSSR count). The van der Waals surface area contributed by atoms with E-state index in [4.69, 9.17) is 10.5 Å². The Morgan fingerprint density at radius 2 is 2.07 bits per heavy atom. The monoisotopic (exact) mass is 210 g/mol. The van der Waals surface area contributed by atoms with E-state index in [9.17, 15) is 0 Å². The molecule has 4 heteroatoms. The smallest absolute Gasteiger partial charge is 0.158 e. The van der Waals surface area contributed by atoms with Gasteiger partial charge >= 0.3 is 0 Å². The molecule has 0 saturated carbocycles. The summed E-state index contributed by atoms with van der Waals surface area (Å²) in [5, 5.41) is 0.564. The van der Waals surface area contributed by atoms with Crippen LogP contribution in [0.2, 0.25) is 0 Å². The summed E-state index contributed by atoms with van der Waals surface area (Å²) in [6.45, 7) is 2.63. The Morgan fingerprint density at radius 3 is 2.57 bits per heavy atom. The second-order valence-corrected chi connectivity index (χ2v) is 3.41. The highest BCUT2D eigenvalue weighted by Gasteiger charge is 1.93. The van der Waals surface area contributed by atoms with Crippen molar-refractivity contribution in [2.24, 2.45) is 10.7 Å². The molecule has 0 aliphatic heterocycles. The van der Waals surface area contributed by atoms with Gasteiger partial charge in [0, 0.05) is 0 Å². The summed E-state index contributed by atoms with van der Waals surface area (Å²) in [6.07, 6.45) is 1.90.